The first-order chi connectivity index (χ1) is 12.6. The summed E-state index contributed by atoms with van der Waals surface area (Å²) >= 11 is 3.08. The number of carbonyl (C=O) groups excluding carboxylic acids is 1. The number of hydrogen-bond donors (Lipinski definition) is 0. The third-order valence-corrected chi connectivity index (χ3v) is 6.56. The molecule has 1 unspecified atom stereocenters. The van der Waals surface area contributed by atoms with Gasteiger partial charge in [-0.3, -0.25) is 4.79 Å². The number of benzene rings is 1. The van der Waals surface area contributed by atoms with Gasteiger partial charge in [-0.15, -0.1) is 21.5 Å². The predicted octanol–water partition coefficient (Wildman–Crippen LogP) is 4.00. The molecule has 0 aliphatic carbocycles. The molecule has 0 fully saturated rings. The highest BCUT2D eigenvalue weighted by Crippen LogP contribution is 2.32. The van der Waals surface area contributed by atoms with Crippen LogP contribution in [0, 0.1) is 0 Å². The summed E-state index contributed by atoms with van der Waals surface area (Å²) in [6, 6.07) is 12.5. The zero-order valence-corrected chi connectivity index (χ0v) is 16.4. The molecule has 1 aromatic carbocycles. The van der Waals surface area contributed by atoms with Crippen LogP contribution in [0.4, 0.5) is 5.69 Å². The van der Waals surface area contributed by atoms with Gasteiger partial charge >= 0.3 is 0 Å². The number of aromatic nitrogens is 3. The number of carbonyl (C=O) groups is 1. The number of anilines is 1. The van der Waals surface area contributed by atoms with Crippen molar-refractivity contribution in [3.63, 3.8) is 0 Å². The minimum absolute atomic E-state index is 0.121. The lowest BCUT2D eigenvalue weighted by atomic mass is 9.97. The molecule has 3 aromatic rings. The Labute approximate surface area is 161 Å². The first-order valence-corrected chi connectivity index (χ1v) is 10.5. The van der Waals surface area contributed by atoms with Crippen LogP contribution in [0.5, 0.6) is 0 Å². The molecule has 0 radical (unpaired) electrons. The standard InChI is InChI=1S/C19H20N4OS2/c1-13-9-10-14-6-3-4-7-15(14)23(13)17(24)12-26-19-21-20-18(22(19)2)16-8-5-11-25-16/h3-8,11,13H,9-10,12H2,1-2H3. The van der Waals surface area contributed by atoms with Crippen LogP contribution >= 0.6 is 23.1 Å². The van der Waals surface area contributed by atoms with Gasteiger partial charge in [0.15, 0.2) is 11.0 Å². The van der Waals surface area contributed by atoms with Crippen LogP contribution < -0.4 is 4.90 Å². The number of para-hydroxylation sites is 1. The van der Waals surface area contributed by atoms with Crippen LogP contribution in [0.25, 0.3) is 10.7 Å². The SMILES string of the molecule is CC1CCc2ccccc2N1C(=O)CSc1nnc(-c2cccs2)n1C. The van der Waals surface area contributed by atoms with Crippen LogP contribution in [0.2, 0.25) is 0 Å². The molecule has 4 rings (SSSR count). The fourth-order valence-electron chi connectivity index (χ4n) is 3.33. The van der Waals surface area contributed by atoms with Crippen molar-refractivity contribution in [3.8, 4) is 10.7 Å². The molecule has 1 atom stereocenters. The molecule has 3 heterocycles. The summed E-state index contributed by atoms with van der Waals surface area (Å²) in [5.41, 5.74) is 2.30. The minimum atomic E-state index is 0.121. The zero-order valence-electron chi connectivity index (χ0n) is 14.8. The Kier molecular flexibility index (Phi) is 4.82. The van der Waals surface area contributed by atoms with Gasteiger partial charge in [0.25, 0.3) is 0 Å². The van der Waals surface area contributed by atoms with Crippen molar-refractivity contribution in [2.24, 2.45) is 7.05 Å². The number of amides is 1. The Hall–Kier alpha value is -2.12. The summed E-state index contributed by atoms with van der Waals surface area (Å²) in [4.78, 5) is 16.0. The Balaban J connectivity index is 1.50. The van der Waals surface area contributed by atoms with Crippen LogP contribution in [-0.4, -0.2) is 32.5 Å². The average molecular weight is 385 g/mol. The van der Waals surface area contributed by atoms with E-state index in [0.29, 0.717) is 5.75 Å². The number of thioether (sulfide) groups is 1. The molecule has 0 N–H and O–H groups in total. The van der Waals surface area contributed by atoms with E-state index in [1.54, 1.807) is 11.3 Å². The number of thiophene rings is 1. The third-order valence-electron chi connectivity index (χ3n) is 4.69. The normalized spacial score (nSPS) is 16.5. The average Bonchev–Trinajstić information content (AvgIpc) is 3.29. The summed E-state index contributed by atoms with van der Waals surface area (Å²) in [5, 5.41) is 11.3. The van der Waals surface area contributed by atoms with Gasteiger partial charge in [-0.1, -0.05) is 36.0 Å². The van der Waals surface area contributed by atoms with Gasteiger partial charge in [-0.25, -0.2) is 0 Å². The van der Waals surface area contributed by atoms with Gasteiger partial charge in [0, 0.05) is 18.8 Å². The van der Waals surface area contributed by atoms with Crippen molar-refractivity contribution >= 4 is 34.7 Å². The van der Waals surface area contributed by atoms with Crippen molar-refractivity contribution in [3.05, 3.63) is 47.3 Å². The van der Waals surface area contributed by atoms with E-state index >= 15 is 0 Å². The van der Waals surface area contributed by atoms with Crippen LogP contribution in [0.3, 0.4) is 0 Å². The lowest BCUT2D eigenvalue weighted by Crippen LogP contribution is -2.43. The number of hydrogen-bond acceptors (Lipinski definition) is 5. The molecule has 0 bridgehead atoms. The first-order valence-electron chi connectivity index (χ1n) is 8.61. The van der Waals surface area contributed by atoms with Gasteiger partial charge in [-0.2, -0.15) is 0 Å². The molecule has 26 heavy (non-hydrogen) atoms. The highest BCUT2D eigenvalue weighted by Gasteiger charge is 2.28. The Morgan fingerprint density at radius 3 is 2.92 bits per heavy atom. The molecular formula is C19H20N4OS2. The van der Waals surface area contributed by atoms with Crippen molar-refractivity contribution in [2.75, 3.05) is 10.7 Å². The van der Waals surface area contributed by atoms with Crippen molar-refractivity contribution < 1.29 is 4.79 Å². The predicted molar refractivity (Wildman–Crippen MR) is 107 cm³/mol. The lowest BCUT2D eigenvalue weighted by molar-refractivity contribution is -0.116. The number of rotatable bonds is 4. The van der Waals surface area contributed by atoms with E-state index in [4.69, 9.17) is 0 Å². The second kappa shape index (κ2) is 7.25. The molecule has 1 aliphatic rings. The molecule has 0 saturated heterocycles. The van der Waals surface area contributed by atoms with Crippen molar-refractivity contribution in [2.45, 2.75) is 31.0 Å². The molecule has 1 amide bonds. The van der Waals surface area contributed by atoms with E-state index in [1.165, 1.54) is 17.3 Å². The largest absolute Gasteiger partial charge is 0.309 e. The minimum Gasteiger partial charge on any atom is -0.309 e. The maximum Gasteiger partial charge on any atom is 0.237 e. The van der Waals surface area contributed by atoms with Gasteiger partial charge in [-0.05, 0) is 42.8 Å². The van der Waals surface area contributed by atoms with Gasteiger partial charge in [0.05, 0.1) is 10.6 Å². The summed E-state index contributed by atoms with van der Waals surface area (Å²) in [7, 11) is 1.95. The zero-order chi connectivity index (χ0) is 18.1. The second-order valence-electron chi connectivity index (χ2n) is 6.41. The monoisotopic (exact) mass is 384 g/mol. The van der Waals surface area contributed by atoms with E-state index in [2.05, 4.69) is 23.2 Å². The Bertz CT molecular complexity index is 920. The summed E-state index contributed by atoms with van der Waals surface area (Å²) in [5.74, 6) is 1.32. The van der Waals surface area contributed by atoms with Gasteiger partial charge in [0.1, 0.15) is 0 Å². The Morgan fingerprint density at radius 1 is 1.27 bits per heavy atom. The number of nitrogens with zero attached hydrogens (tertiary/aromatic N) is 4. The fourth-order valence-corrected chi connectivity index (χ4v) is 4.84. The maximum atomic E-state index is 12.9. The van der Waals surface area contributed by atoms with E-state index in [0.717, 1.165) is 34.4 Å². The molecule has 134 valence electrons. The molecule has 0 spiro atoms. The smallest absolute Gasteiger partial charge is 0.237 e. The molecular weight excluding hydrogens is 364 g/mol. The number of fused-ring (bicyclic) bond motifs is 1. The second-order valence-corrected chi connectivity index (χ2v) is 8.30. The van der Waals surface area contributed by atoms with Crippen LogP contribution in [-0.2, 0) is 18.3 Å². The van der Waals surface area contributed by atoms with Gasteiger partial charge < -0.3 is 9.47 Å². The molecule has 1 aliphatic heterocycles. The number of aryl methyl sites for hydroxylation is 1. The van der Waals surface area contributed by atoms with Gasteiger partial charge in [0.2, 0.25) is 5.91 Å². The van der Waals surface area contributed by atoms with E-state index in [9.17, 15) is 4.79 Å². The van der Waals surface area contributed by atoms with Crippen LogP contribution in [0.15, 0.2) is 46.9 Å². The quantitative estimate of drug-likeness (QED) is 0.638. The van der Waals surface area contributed by atoms with Crippen molar-refractivity contribution in [1.29, 1.82) is 0 Å². The van der Waals surface area contributed by atoms with E-state index in [1.807, 2.05) is 52.2 Å². The van der Waals surface area contributed by atoms with Crippen LogP contribution in [0.1, 0.15) is 18.9 Å². The first kappa shape index (κ1) is 17.3. The summed E-state index contributed by atoms with van der Waals surface area (Å²) in [6.45, 7) is 2.12. The summed E-state index contributed by atoms with van der Waals surface area (Å²) < 4.78 is 1.96. The topological polar surface area (TPSA) is 51.0 Å². The molecule has 7 heteroatoms. The molecule has 2 aromatic heterocycles. The Morgan fingerprint density at radius 2 is 2.12 bits per heavy atom. The molecule has 0 saturated carbocycles. The maximum absolute atomic E-state index is 12.9. The lowest BCUT2D eigenvalue weighted by Gasteiger charge is -2.35. The highest BCUT2D eigenvalue weighted by atomic mass is 32.2. The fraction of sp³-hybridized carbons (Fsp3) is 0.316. The highest BCUT2D eigenvalue weighted by molar-refractivity contribution is 7.99. The third kappa shape index (κ3) is 3.17. The molecule has 5 nitrogen and oxygen atoms in total. The van der Waals surface area contributed by atoms with Crippen molar-refractivity contribution in [1.82, 2.24) is 14.8 Å². The van der Waals surface area contributed by atoms with E-state index in [-0.39, 0.29) is 11.9 Å². The van der Waals surface area contributed by atoms with E-state index < -0.39 is 0 Å². The summed E-state index contributed by atoms with van der Waals surface area (Å²) in [6.07, 6.45) is 2.03.